The summed E-state index contributed by atoms with van der Waals surface area (Å²) in [6.45, 7) is 5.70. The van der Waals surface area contributed by atoms with Gasteiger partial charge in [-0.25, -0.2) is 8.42 Å². The summed E-state index contributed by atoms with van der Waals surface area (Å²) in [4.78, 5) is 0. The van der Waals surface area contributed by atoms with Gasteiger partial charge in [0.25, 0.3) is 0 Å². The molecule has 130 valence electrons. The minimum absolute atomic E-state index is 0.0572. The lowest BCUT2D eigenvalue weighted by atomic mass is 10.2. The van der Waals surface area contributed by atoms with Crippen LogP contribution >= 0.6 is 0 Å². The number of benzene rings is 1. The van der Waals surface area contributed by atoms with Crippen molar-refractivity contribution in [2.75, 3.05) is 32.5 Å². The number of morpholine rings is 1. The zero-order chi connectivity index (χ0) is 16.9. The highest BCUT2D eigenvalue weighted by Gasteiger charge is 2.30. The number of rotatable bonds is 7. The van der Waals surface area contributed by atoms with E-state index < -0.39 is 10.0 Å². The van der Waals surface area contributed by atoms with Crippen LogP contribution in [-0.4, -0.2) is 57.4 Å². The van der Waals surface area contributed by atoms with E-state index in [1.807, 2.05) is 38.1 Å². The van der Waals surface area contributed by atoms with Gasteiger partial charge in [-0.1, -0.05) is 12.1 Å². The second-order valence-corrected chi connectivity index (χ2v) is 8.01. The monoisotopic (exact) mass is 342 g/mol. The van der Waals surface area contributed by atoms with Crippen molar-refractivity contribution in [3.05, 3.63) is 29.8 Å². The Balaban J connectivity index is 1.80. The molecule has 1 aliphatic rings. The third-order valence-corrected chi connectivity index (χ3v) is 5.58. The highest BCUT2D eigenvalue weighted by atomic mass is 32.2. The number of nitrogens with zero attached hydrogens (tertiary/aromatic N) is 1. The lowest BCUT2D eigenvalue weighted by Crippen LogP contribution is -2.49. The Labute approximate surface area is 138 Å². The van der Waals surface area contributed by atoms with Crippen LogP contribution in [0.1, 0.15) is 19.4 Å². The normalized spacial score (nSPS) is 22.9. The quantitative estimate of drug-likeness (QED) is 0.755. The Bertz CT molecular complexity index is 596. The van der Waals surface area contributed by atoms with Crippen LogP contribution in [0.4, 0.5) is 0 Å². The van der Waals surface area contributed by atoms with Crippen molar-refractivity contribution in [3.63, 3.8) is 0 Å². The highest BCUT2D eigenvalue weighted by Crippen LogP contribution is 2.15. The van der Waals surface area contributed by atoms with Crippen molar-refractivity contribution in [3.8, 4) is 5.75 Å². The molecule has 0 amide bonds. The molecule has 0 bridgehead atoms. The topological polar surface area (TPSA) is 67.9 Å². The number of nitrogens with one attached hydrogen (secondary N) is 1. The average molecular weight is 342 g/mol. The molecule has 7 heteroatoms. The molecule has 0 aromatic heterocycles. The van der Waals surface area contributed by atoms with Crippen LogP contribution in [0, 0.1) is 0 Å². The molecule has 0 saturated carbocycles. The maximum absolute atomic E-state index is 12.4. The predicted octanol–water partition coefficient (Wildman–Crippen LogP) is 1.22. The molecule has 1 N–H and O–H groups in total. The first-order valence-electron chi connectivity index (χ1n) is 7.87. The molecule has 23 heavy (non-hydrogen) atoms. The van der Waals surface area contributed by atoms with Gasteiger partial charge >= 0.3 is 0 Å². The smallest absolute Gasteiger partial charge is 0.215 e. The molecular formula is C16H26N2O4S. The van der Waals surface area contributed by atoms with E-state index in [1.54, 1.807) is 11.4 Å². The SMILES string of the molecule is COc1cccc(CNCCS(=O)(=O)N2CC(C)OC(C)C2)c1. The van der Waals surface area contributed by atoms with E-state index in [1.165, 1.54) is 0 Å². The minimum Gasteiger partial charge on any atom is -0.497 e. The van der Waals surface area contributed by atoms with Gasteiger partial charge in [-0.05, 0) is 31.5 Å². The molecule has 1 aromatic carbocycles. The van der Waals surface area contributed by atoms with E-state index in [0.717, 1.165) is 11.3 Å². The number of ether oxygens (including phenoxy) is 2. The Morgan fingerprint density at radius 2 is 2.00 bits per heavy atom. The first-order chi connectivity index (χ1) is 10.9. The summed E-state index contributed by atoms with van der Waals surface area (Å²) in [6, 6.07) is 7.72. The zero-order valence-electron chi connectivity index (χ0n) is 14.0. The Morgan fingerprint density at radius 1 is 1.30 bits per heavy atom. The van der Waals surface area contributed by atoms with E-state index in [0.29, 0.717) is 26.2 Å². The van der Waals surface area contributed by atoms with E-state index in [2.05, 4.69) is 5.32 Å². The fraction of sp³-hybridized carbons (Fsp3) is 0.625. The van der Waals surface area contributed by atoms with Crippen LogP contribution in [0.25, 0.3) is 0 Å². The van der Waals surface area contributed by atoms with Crippen molar-refractivity contribution >= 4 is 10.0 Å². The van der Waals surface area contributed by atoms with Crippen molar-refractivity contribution in [2.24, 2.45) is 0 Å². The van der Waals surface area contributed by atoms with Gasteiger partial charge in [0.05, 0.1) is 25.1 Å². The number of methoxy groups -OCH3 is 1. The summed E-state index contributed by atoms with van der Waals surface area (Å²) in [5, 5.41) is 3.18. The first-order valence-corrected chi connectivity index (χ1v) is 9.48. The standard InChI is InChI=1S/C16H26N2O4S/c1-13-11-18(12-14(2)22-13)23(19,20)8-7-17-10-15-5-4-6-16(9-15)21-3/h4-6,9,13-14,17H,7-8,10-12H2,1-3H3. The summed E-state index contributed by atoms with van der Waals surface area (Å²) in [6.07, 6.45) is -0.114. The van der Waals surface area contributed by atoms with Gasteiger partial charge in [-0.15, -0.1) is 0 Å². The van der Waals surface area contributed by atoms with E-state index in [4.69, 9.17) is 9.47 Å². The second-order valence-electron chi connectivity index (χ2n) is 5.92. The van der Waals surface area contributed by atoms with E-state index in [-0.39, 0.29) is 18.0 Å². The predicted molar refractivity (Wildman–Crippen MR) is 90.1 cm³/mol. The van der Waals surface area contributed by atoms with Crippen molar-refractivity contribution in [1.82, 2.24) is 9.62 Å². The van der Waals surface area contributed by atoms with Gasteiger partial charge < -0.3 is 14.8 Å². The van der Waals surface area contributed by atoms with E-state index in [9.17, 15) is 8.42 Å². The van der Waals surface area contributed by atoms with Crippen LogP contribution in [0.5, 0.6) is 5.75 Å². The molecule has 0 radical (unpaired) electrons. The molecule has 0 spiro atoms. The molecular weight excluding hydrogens is 316 g/mol. The van der Waals surface area contributed by atoms with Gasteiger partial charge in [0.15, 0.2) is 0 Å². The van der Waals surface area contributed by atoms with Crippen molar-refractivity contribution < 1.29 is 17.9 Å². The summed E-state index contributed by atoms with van der Waals surface area (Å²) in [5.41, 5.74) is 1.07. The summed E-state index contributed by atoms with van der Waals surface area (Å²) < 4.78 is 37.1. The van der Waals surface area contributed by atoms with Crippen molar-refractivity contribution in [2.45, 2.75) is 32.6 Å². The van der Waals surface area contributed by atoms with Gasteiger partial charge in [-0.3, -0.25) is 0 Å². The Hall–Kier alpha value is -1.15. The molecule has 1 heterocycles. The Kier molecular flexibility index (Phi) is 6.41. The molecule has 0 aliphatic carbocycles. The summed E-state index contributed by atoms with van der Waals surface area (Å²) in [5.74, 6) is 0.893. The van der Waals surface area contributed by atoms with Crippen LogP contribution in [0.3, 0.4) is 0 Å². The molecule has 1 saturated heterocycles. The summed E-state index contributed by atoms with van der Waals surface area (Å²) >= 11 is 0. The molecule has 2 atom stereocenters. The second kappa shape index (κ2) is 8.10. The van der Waals surface area contributed by atoms with Gasteiger partial charge in [0.1, 0.15) is 5.75 Å². The van der Waals surface area contributed by atoms with Gasteiger partial charge in [0, 0.05) is 26.2 Å². The fourth-order valence-electron chi connectivity index (χ4n) is 2.70. The first kappa shape index (κ1) is 18.2. The number of hydrogen-bond donors (Lipinski definition) is 1. The molecule has 1 fully saturated rings. The molecule has 6 nitrogen and oxygen atoms in total. The van der Waals surface area contributed by atoms with E-state index >= 15 is 0 Å². The molecule has 1 aromatic rings. The third kappa shape index (κ3) is 5.46. The Morgan fingerprint density at radius 3 is 2.65 bits per heavy atom. The molecule has 2 rings (SSSR count). The van der Waals surface area contributed by atoms with Crippen LogP contribution in [0.2, 0.25) is 0 Å². The maximum Gasteiger partial charge on any atom is 0.215 e. The van der Waals surface area contributed by atoms with Crippen LogP contribution in [0.15, 0.2) is 24.3 Å². The third-order valence-electron chi connectivity index (χ3n) is 3.78. The lowest BCUT2D eigenvalue weighted by Gasteiger charge is -2.34. The minimum atomic E-state index is -3.25. The lowest BCUT2D eigenvalue weighted by molar-refractivity contribution is -0.0440. The maximum atomic E-state index is 12.4. The number of hydrogen-bond acceptors (Lipinski definition) is 5. The van der Waals surface area contributed by atoms with Crippen LogP contribution in [-0.2, 0) is 21.3 Å². The molecule has 2 unspecified atom stereocenters. The largest absolute Gasteiger partial charge is 0.497 e. The van der Waals surface area contributed by atoms with Crippen molar-refractivity contribution in [1.29, 1.82) is 0 Å². The van der Waals surface area contributed by atoms with Gasteiger partial charge in [-0.2, -0.15) is 4.31 Å². The number of sulfonamides is 1. The fourth-order valence-corrected chi connectivity index (χ4v) is 4.24. The van der Waals surface area contributed by atoms with Gasteiger partial charge in [0.2, 0.25) is 10.0 Å². The zero-order valence-corrected chi connectivity index (χ0v) is 14.8. The highest BCUT2D eigenvalue weighted by molar-refractivity contribution is 7.89. The average Bonchev–Trinajstić information content (AvgIpc) is 2.51. The van der Waals surface area contributed by atoms with Crippen LogP contribution < -0.4 is 10.1 Å². The summed E-state index contributed by atoms with van der Waals surface area (Å²) in [7, 11) is -1.62. The molecule has 1 aliphatic heterocycles.